The molecule has 84 valence electrons. The van der Waals surface area contributed by atoms with Gasteiger partial charge in [0.15, 0.2) is 0 Å². The van der Waals surface area contributed by atoms with E-state index in [1.165, 1.54) is 0 Å². The SMILES string of the molecule is Cc1c(CCO)ccc(-c2ccco2)c1N. The molecule has 0 saturated heterocycles. The van der Waals surface area contributed by atoms with E-state index in [0.29, 0.717) is 6.42 Å². The lowest BCUT2D eigenvalue weighted by atomic mass is 9.99. The molecule has 3 heteroatoms. The van der Waals surface area contributed by atoms with Gasteiger partial charge < -0.3 is 15.3 Å². The first-order valence-corrected chi connectivity index (χ1v) is 5.26. The van der Waals surface area contributed by atoms with E-state index < -0.39 is 0 Å². The lowest BCUT2D eigenvalue weighted by Crippen LogP contribution is -2.00. The van der Waals surface area contributed by atoms with Gasteiger partial charge in [0, 0.05) is 17.9 Å². The van der Waals surface area contributed by atoms with Crippen LogP contribution in [0.3, 0.4) is 0 Å². The minimum absolute atomic E-state index is 0.139. The molecule has 2 rings (SSSR count). The number of anilines is 1. The maximum Gasteiger partial charge on any atom is 0.135 e. The molecule has 0 aliphatic carbocycles. The van der Waals surface area contributed by atoms with Gasteiger partial charge in [-0.1, -0.05) is 6.07 Å². The molecule has 16 heavy (non-hydrogen) atoms. The molecule has 0 bridgehead atoms. The molecule has 1 aromatic heterocycles. The quantitative estimate of drug-likeness (QED) is 0.776. The third-order valence-corrected chi connectivity index (χ3v) is 2.79. The van der Waals surface area contributed by atoms with Crippen LogP contribution in [0.2, 0.25) is 0 Å². The molecule has 0 atom stereocenters. The largest absolute Gasteiger partial charge is 0.464 e. The van der Waals surface area contributed by atoms with Crippen LogP contribution in [0.5, 0.6) is 0 Å². The van der Waals surface area contributed by atoms with Gasteiger partial charge in [-0.2, -0.15) is 0 Å². The highest BCUT2D eigenvalue weighted by atomic mass is 16.3. The summed E-state index contributed by atoms with van der Waals surface area (Å²) >= 11 is 0. The normalized spacial score (nSPS) is 10.6. The maximum absolute atomic E-state index is 8.93. The number of aliphatic hydroxyl groups excluding tert-OH is 1. The van der Waals surface area contributed by atoms with E-state index in [9.17, 15) is 0 Å². The van der Waals surface area contributed by atoms with Gasteiger partial charge in [0.05, 0.1) is 6.26 Å². The topological polar surface area (TPSA) is 59.4 Å². The average Bonchev–Trinajstić information content (AvgIpc) is 2.79. The molecule has 0 amide bonds. The van der Waals surface area contributed by atoms with Gasteiger partial charge in [0.25, 0.3) is 0 Å². The molecular weight excluding hydrogens is 202 g/mol. The Morgan fingerprint density at radius 2 is 2.12 bits per heavy atom. The third-order valence-electron chi connectivity index (χ3n) is 2.79. The van der Waals surface area contributed by atoms with Crippen molar-refractivity contribution in [3.63, 3.8) is 0 Å². The molecule has 0 saturated carbocycles. The number of rotatable bonds is 3. The van der Waals surface area contributed by atoms with Gasteiger partial charge in [0.2, 0.25) is 0 Å². The van der Waals surface area contributed by atoms with Gasteiger partial charge in [-0.3, -0.25) is 0 Å². The molecule has 0 fully saturated rings. The van der Waals surface area contributed by atoms with Gasteiger partial charge in [-0.25, -0.2) is 0 Å². The average molecular weight is 217 g/mol. The predicted octanol–water partition coefficient (Wildman–Crippen LogP) is 2.37. The number of aliphatic hydroxyl groups is 1. The number of benzene rings is 1. The van der Waals surface area contributed by atoms with Crippen molar-refractivity contribution in [2.45, 2.75) is 13.3 Å². The van der Waals surface area contributed by atoms with Crippen LogP contribution in [-0.2, 0) is 6.42 Å². The van der Waals surface area contributed by atoms with Crippen LogP contribution >= 0.6 is 0 Å². The lowest BCUT2D eigenvalue weighted by Gasteiger charge is -2.10. The summed E-state index contributed by atoms with van der Waals surface area (Å²) in [5.74, 6) is 0.774. The zero-order valence-electron chi connectivity index (χ0n) is 9.23. The molecule has 3 N–H and O–H groups in total. The molecule has 0 spiro atoms. The molecule has 0 radical (unpaired) electrons. The highest BCUT2D eigenvalue weighted by molar-refractivity contribution is 5.76. The Morgan fingerprint density at radius 1 is 1.31 bits per heavy atom. The first-order valence-electron chi connectivity index (χ1n) is 5.26. The lowest BCUT2D eigenvalue weighted by molar-refractivity contribution is 0.299. The van der Waals surface area contributed by atoms with Crippen molar-refractivity contribution in [2.24, 2.45) is 0 Å². The van der Waals surface area contributed by atoms with Crippen molar-refractivity contribution in [1.82, 2.24) is 0 Å². The van der Waals surface area contributed by atoms with Crippen LogP contribution in [0, 0.1) is 6.92 Å². The highest BCUT2D eigenvalue weighted by Crippen LogP contribution is 2.30. The molecule has 0 aliphatic rings. The van der Waals surface area contributed by atoms with Crippen molar-refractivity contribution in [1.29, 1.82) is 0 Å². The molecule has 1 aromatic carbocycles. The van der Waals surface area contributed by atoms with Gasteiger partial charge >= 0.3 is 0 Å². The zero-order chi connectivity index (χ0) is 11.5. The predicted molar refractivity (Wildman–Crippen MR) is 64.1 cm³/mol. The van der Waals surface area contributed by atoms with Crippen molar-refractivity contribution >= 4 is 5.69 Å². The van der Waals surface area contributed by atoms with Crippen LogP contribution in [0.25, 0.3) is 11.3 Å². The van der Waals surface area contributed by atoms with E-state index in [1.807, 2.05) is 31.2 Å². The molecule has 2 aromatic rings. The summed E-state index contributed by atoms with van der Waals surface area (Å²) in [6.45, 7) is 2.10. The number of nitrogens with two attached hydrogens (primary N) is 1. The first kappa shape index (κ1) is 10.8. The van der Waals surface area contributed by atoms with Crippen molar-refractivity contribution in [3.8, 4) is 11.3 Å². The second-order valence-corrected chi connectivity index (χ2v) is 3.76. The summed E-state index contributed by atoms with van der Waals surface area (Å²) in [6, 6.07) is 7.65. The Balaban J connectivity index is 2.47. The molecule has 3 nitrogen and oxygen atoms in total. The maximum atomic E-state index is 8.93. The summed E-state index contributed by atoms with van der Waals surface area (Å²) in [5, 5.41) is 8.93. The third kappa shape index (κ3) is 1.82. The van der Waals surface area contributed by atoms with E-state index in [4.69, 9.17) is 15.3 Å². The zero-order valence-corrected chi connectivity index (χ0v) is 9.23. The Labute approximate surface area is 94.5 Å². The molecule has 0 aliphatic heterocycles. The van der Waals surface area contributed by atoms with E-state index in [0.717, 1.165) is 28.1 Å². The van der Waals surface area contributed by atoms with E-state index >= 15 is 0 Å². The minimum Gasteiger partial charge on any atom is -0.464 e. The second-order valence-electron chi connectivity index (χ2n) is 3.76. The van der Waals surface area contributed by atoms with Crippen LogP contribution in [-0.4, -0.2) is 11.7 Å². The Hall–Kier alpha value is -1.74. The van der Waals surface area contributed by atoms with Crippen molar-refractivity contribution in [3.05, 3.63) is 41.7 Å². The summed E-state index contributed by atoms with van der Waals surface area (Å²) < 4.78 is 5.33. The summed E-state index contributed by atoms with van der Waals surface area (Å²) in [4.78, 5) is 0. The summed E-state index contributed by atoms with van der Waals surface area (Å²) in [7, 11) is 0. The Kier molecular flexibility index (Phi) is 2.97. The van der Waals surface area contributed by atoms with Crippen molar-refractivity contribution in [2.75, 3.05) is 12.3 Å². The summed E-state index contributed by atoms with van der Waals surface area (Å²) in [5.41, 5.74) is 9.79. The van der Waals surface area contributed by atoms with Gasteiger partial charge in [0.1, 0.15) is 5.76 Å². The standard InChI is InChI=1S/C13H15NO2/c1-9-10(6-7-15)4-5-11(13(9)14)12-3-2-8-16-12/h2-5,8,15H,6-7,14H2,1H3. The van der Waals surface area contributed by atoms with Gasteiger partial charge in [-0.05, 0) is 42.7 Å². The molecular formula is C13H15NO2. The van der Waals surface area contributed by atoms with Gasteiger partial charge in [-0.15, -0.1) is 0 Å². The number of nitrogen functional groups attached to an aromatic ring is 1. The fourth-order valence-electron chi connectivity index (χ4n) is 1.81. The fourth-order valence-corrected chi connectivity index (χ4v) is 1.81. The minimum atomic E-state index is 0.139. The molecule has 0 unspecified atom stereocenters. The smallest absolute Gasteiger partial charge is 0.135 e. The first-order chi connectivity index (χ1) is 7.74. The van der Waals surface area contributed by atoms with Crippen LogP contribution in [0.1, 0.15) is 11.1 Å². The van der Waals surface area contributed by atoms with E-state index in [1.54, 1.807) is 6.26 Å². The van der Waals surface area contributed by atoms with Crippen LogP contribution < -0.4 is 5.73 Å². The fraction of sp³-hybridized carbons (Fsp3) is 0.231. The summed E-state index contributed by atoms with van der Waals surface area (Å²) in [6.07, 6.45) is 2.26. The monoisotopic (exact) mass is 217 g/mol. The highest BCUT2D eigenvalue weighted by Gasteiger charge is 2.10. The Bertz CT molecular complexity index is 475. The number of hydrogen-bond acceptors (Lipinski definition) is 3. The van der Waals surface area contributed by atoms with Crippen molar-refractivity contribution < 1.29 is 9.52 Å². The Morgan fingerprint density at radius 3 is 2.75 bits per heavy atom. The second kappa shape index (κ2) is 4.41. The van der Waals surface area contributed by atoms with Crippen LogP contribution in [0.15, 0.2) is 34.9 Å². The van der Waals surface area contributed by atoms with Crippen LogP contribution in [0.4, 0.5) is 5.69 Å². The molecule has 1 heterocycles. The number of hydrogen-bond donors (Lipinski definition) is 2. The number of furan rings is 1. The van der Waals surface area contributed by atoms with E-state index in [2.05, 4.69) is 0 Å². The van der Waals surface area contributed by atoms with E-state index in [-0.39, 0.29) is 6.61 Å².